The third kappa shape index (κ3) is 2.83. The van der Waals surface area contributed by atoms with Crippen LogP contribution in [-0.2, 0) is 9.59 Å². The van der Waals surface area contributed by atoms with E-state index < -0.39 is 0 Å². The van der Waals surface area contributed by atoms with Crippen LogP contribution in [-0.4, -0.2) is 46.3 Å². The van der Waals surface area contributed by atoms with Crippen molar-refractivity contribution in [1.82, 2.24) is 10.2 Å². The van der Waals surface area contributed by atoms with Gasteiger partial charge in [0.2, 0.25) is 11.8 Å². The molecule has 2 aliphatic rings. The number of nitrogens with zero attached hydrogens (tertiary/aromatic N) is 1. The highest BCUT2D eigenvalue weighted by Gasteiger charge is 2.40. The van der Waals surface area contributed by atoms with Crippen LogP contribution in [0.1, 0.15) is 33.1 Å². The molecule has 96 valence electrons. The van der Waals surface area contributed by atoms with E-state index in [-0.39, 0.29) is 23.9 Å². The second kappa shape index (κ2) is 5.40. The van der Waals surface area contributed by atoms with Gasteiger partial charge in [0.05, 0.1) is 12.5 Å². The van der Waals surface area contributed by atoms with Crippen molar-refractivity contribution in [3.05, 3.63) is 0 Å². The first kappa shape index (κ1) is 12.9. The number of thioether (sulfide) groups is 1. The van der Waals surface area contributed by atoms with Gasteiger partial charge in [0, 0.05) is 17.8 Å². The second-order valence-corrected chi connectivity index (χ2v) is 6.18. The highest BCUT2D eigenvalue weighted by atomic mass is 32.2. The molecule has 2 heterocycles. The van der Waals surface area contributed by atoms with Crippen molar-refractivity contribution in [3.8, 4) is 0 Å². The number of nitrogens with one attached hydrogen (secondary N) is 1. The van der Waals surface area contributed by atoms with E-state index in [0.717, 1.165) is 12.2 Å². The highest BCUT2D eigenvalue weighted by Crippen LogP contribution is 2.21. The normalized spacial score (nSPS) is 30.4. The standard InChI is InChI=1S/C12H20N2O2S/c1-8(2)14-11(15)6-10(12(14)16)13-9-4-3-5-17-7-9/h8-10,13H,3-7H2,1-2H3. The van der Waals surface area contributed by atoms with Crippen molar-refractivity contribution in [2.45, 2.75) is 51.2 Å². The summed E-state index contributed by atoms with van der Waals surface area (Å²) < 4.78 is 0. The van der Waals surface area contributed by atoms with Crippen LogP contribution in [0.15, 0.2) is 0 Å². The molecule has 0 aromatic carbocycles. The fraction of sp³-hybridized carbons (Fsp3) is 0.833. The lowest BCUT2D eigenvalue weighted by Gasteiger charge is -2.25. The molecule has 5 heteroatoms. The van der Waals surface area contributed by atoms with Gasteiger partial charge in [0.15, 0.2) is 0 Å². The largest absolute Gasteiger partial charge is 0.302 e. The number of carbonyl (C=O) groups excluding carboxylic acids is 2. The van der Waals surface area contributed by atoms with Gasteiger partial charge in [-0.05, 0) is 32.4 Å². The van der Waals surface area contributed by atoms with Crippen molar-refractivity contribution in [2.75, 3.05) is 11.5 Å². The quantitative estimate of drug-likeness (QED) is 0.766. The van der Waals surface area contributed by atoms with Crippen LogP contribution in [0.25, 0.3) is 0 Å². The maximum absolute atomic E-state index is 12.1. The fourth-order valence-corrected chi connectivity index (χ4v) is 3.57. The summed E-state index contributed by atoms with van der Waals surface area (Å²) in [5.41, 5.74) is 0. The van der Waals surface area contributed by atoms with Gasteiger partial charge in [-0.15, -0.1) is 0 Å². The molecule has 17 heavy (non-hydrogen) atoms. The summed E-state index contributed by atoms with van der Waals surface area (Å²) in [5, 5.41) is 3.35. The Kier molecular flexibility index (Phi) is 4.09. The Balaban J connectivity index is 1.94. The molecule has 2 amide bonds. The van der Waals surface area contributed by atoms with Gasteiger partial charge in [-0.1, -0.05) is 0 Å². The molecular formula is C12H20N2O2S. The zero-order valence-electron chi connectivity index (χ0n) is 10.4. The number of amides is 2. The Bertz CT molecular complexity index is 314. The van der Waals surface area contributed by atoms with Gasteiger partial charge in [-0.3, -0.25) is 14.5 Å². The molecule has 0 radical (unpaired) electrons. The van der Waals surface area contributed by atoms with E-state index in [4.69, 9.17) is 0 Å². The van der Waals surface area contributed by atoms with Crippen LogP contribution in [0.4, 0.5) is 0 Å². The topological polar surface area (TPSA) is 49.4 Å². The average Bonchev–Trinajstić information content (AvgIpc) is 2.55. The lowest BCUT2D eigenvalue weighted by Crippen LogP contribution is -2.46. The summed E-state index contributed by atoms with van der Waals surface area (Å²) in [5.74, 6) is 2.19. The molecule has 2 atom stereocenters. The van der Waals surface area contributed by atoms with Crippen LogP contribution >= 0.6 is 11.8 Å². The van der Waals surface area contributed by atoms with E-state index in [1.54, 1.807) is 0 Å². The lowest BCUT2D eigenvalue weighted by molar-refractivity contribution is -0.140. The zero-order valence-corrected chi connectivity index (χ0v) is 11.3. The van der Waals surface area contributed by atoms with E-state index in [1.807, 2.05) is 25.6 Å². The van der Waals surface area contributed by atoms with Gasteiger partial charge in [0.25, 0.3) is 0 Å². The van der Waals surface area contributed by atoms with Crippen LogP contribution in [0, 0.1) is 0 Å². The maximum atomic E-state index is 12.1. The van der Waals surface area contributed by atoms with Crippen molar-refractivity contribution >= 4 is 23.6 Å². The van der Waals surface area contributed by atoms with Crippen molar-refractivity contribution < 1.29 is 9.59 Å². The first-order valence-corrected chi connectivity index (χ1v) is 7.44. The number of likely N-dealkylation sites (tertiary alicyclic amines) is 1. The fourth-order valence-electron chi connectivity index (χ4n) is 2.48. The van der Waals surface area contributed by atoms with Gasteiger partial charge < -0.3 is 5.32 Å². The molecule has 0 aromatic heterocycles. The number of hydrogen-bond acceptors (Lipinski definition) is 4. The Morgan fingerprint density at radius 1 is 1.41 bits per heavy atom. The zero-order chi connectivity index (χ0) is 12.4. The summed E-state index contributed by atoms with van der Waals surface area (Å²) in [7, 11) is 0. The van der Waals surface area contributed by atoms with Crippen molar-refractivity contribution in [2.24, 2.45) is 0 Å². The van der Waals surface area contributed by atoms with E-state index in [2.05, 4.69) is 5.32 Å². The Labute approximate surface area is 106 Å². The molecular weight excluding hydrogens is 236 g/mol. The molecule has 0 saturated carbocycles. The van der Waals surface area contributed by atoms with Crippen LogP contribution in [0.3, 0.4) is 0 Å². The summed E-state index contributed by atoms with van der Waals surface area (Å²) in [6.45, 7) is 3.77. The van der Waals surface area contributed by atoms with Gasteiger partial charge >= 0.3 is 0 Å². The Hall–Kier alpha value is -0.550. The minimum atomic E-state index is -0.284. The summed E-state index contributed by atoms with van der Waals surface area (Å²) in [6.07, 6.45) is 2.65. The molecule has 2 saturated heterocycles. The van der Waals surface area contributed by atoms with E-state index in [1.165, 1.54) is 17.1 Å². The van der Waals surface area contributed by atoms with E-state index in [9.17, 15) is 9.59 Å². The van der Waals surface area contributed by atoms with Gasteiger partial charge in [0.1, 0.15) is 0 Å². The maximum Gasteiger partial charge on any atom is 0.247 e. The predicted molar refractivity (Wildman–Crippen MR) is 68.9 cm³/mol. The smallest absolute Gasteiger partial charge is 0.247 e. The molecule has 4 nitrogen and oxygen atoms in total. The Morgan fingerprint density at radius 3 is 2.71 bits per heavy atom. The first-order valence-electron chi connectivity index (χ1n) is 6.29. The summed E-state index contributed by atoms with van der Waals surface area (Å²) >= 11 is 1.92. The number of carbonyl (C=O) groups is 2. The molecule has 1 N–H and O–H groups in total. The molecule has 2 unspecified atom stereocenters. The SMILES string of the molecule is CC(C)N1C(=O)CC(NC2CCCSC2)C1=O. The molecule has 0 aromatic rings. The van der Waals surface area contributed by atoms with Crippen LogP contribution < -0.4 is 5.32 Å². The average molecular weight is 256 g/mol. The second-order valence-electron chi connectivity index (χ2n) is 5.03. The third-order valence-corrected chi connectivity index (χ3v) is 4.51. The highest BCUT2D eigenvalue weighted by molar-refractivity contribution is 7.99. The summed E-state index contributed by atoms with van der Waals surface area (Å²) in [4.78, 5) is 25.2. The van der Waals surface area contributed by atoms with E-state index in [0.29, 0.717) is 12.5 Å². The molecule has 0 bridgehead atoms. The number of imide groups is 1. The lowest BCUT2D eigenvalue weighted by atomic mass is 10.1. The first-order chi connectivity index (χ1) is 8.09. The van der Waals surface area contributed by atoms with E-state index >= 15 is 0 Å². The molecule has 2 aliphatic heterocycles. The van der Waals surface area contributed by atoms with Crippen molar-refractivity contribution in [1.29, 1.82) is 0 Å². The summed E-state index contributed by atoms with van der Waals surface area (Å²) in [6, 6.07) is 0.0822. The van der Waals surface area contributed by atoms with Gasteiger partial charge in [-0.2, -0.15) is 11.8 Å². The van der Waals surface area contributed by atoms with Crippen LogP contribution in [0.5, 0.6) is 0 Å². The number of rotatable bonds is 3. The minimum Gasteiger partial charge on any atom is -0.302 e. The molecule has 0 aliphatic carbocycles. The van der Waals surface area contributed by atoms with Gasteiger partial charge in [-0.25, -0.2) is 0 Å². The van der Waals surface area contributed by atoms with Crippen LogP contribution in [0.2, 0.25) is 0 Å². The van der Waals surface area contributed by atoms with Crippen molar-refractivity contribution in [3.63, 3.8) is 0 Å². The Morgan fingerprint density at radius 2 is 2.18 bits per heavy atom. The third-order valence-electron chi connectivity index (χ3n) is 3.30. The predicted octanol–water partition coefficient (Wildman–Crippen LogP) is 1.01. The molecule has 2 fully saturated rings. The monoisotopic (exact) mass is 256 g/mol. The molecule has 2 rings (SSSR count). The minimum absolute atomic E-state index is 0.0254. The molecule has 0 spiro atoms. The number of hydrogen-bond donors (Lipinski definition) is 1.